The summed E-state index contributed by atoms with van der Waals surface area (Å²) in [5.74, 6) is 0. The van der Waals surface area contributed by atoms with Crippen molar-refractivity contribution in [2.24, 2.45) is 0 Å². The Hall–Kier alpha value is -0.280. The summed E-state index contributed by atoms with van der Waals surface area (Å²) < 4.78 is 5.40. The van der Waals surface area contributed by atoms with E-state index >= 15 is 0 Å². The minimum absolute atomic E-state index is 0.000741. The summed E-state index contributed by atoms with van der Waals surface area (Å²) in [5, 5.41) is 0.0342. The molecular formula is C10H18O2S. The third-order valence-electron chi connectivity index (χ3n) is 1.46. The van der Waals surface area contributed by atoms with Gasteiger partial charge in [0.15, 0.2) is 0 Å². The lowest BCUT2D eigenvalue weighted by Crippen LogP contribution is -2.11. The highest BCUT2D eigenvalue weighted by atomic mass is 32.2. The van der Waals surface area contributed by atoms with Gasteiger partial charge in [-0.25, -0.2) is 0 Å². The van der Waals surface area contributed by atoms with Crippen molar-refractivity contribution in [1.29, 1.82) is 0 Å². The van der Waals surface area contributed by atoms with Gasteiger partial charge in [-0.2, -0.15) is 0 Å². The van der Waals surface area contributed by atoms with Crippen LogP contribution in [0.1, 0.15) is 33.6 Å². The van der Waals surface area contributed by atoms with Crippen LogP contribution in [-0.2, 0) is 9.53 Å². The second-order valence-electron chi connectivity index (χ2n) is 2.86. The Kier molecular flexibility index (Phi) is 7.00. The van der Waals surface area contributed by atoms with E-state index in [2.05, 4.69) is 13.5 Å². The van der Waals surface area contributed by atoms with E-state index in [1.54, 1.807) is 6.92 Å². The molecule has 0 amide bonds. The standard InChI is InChI=1S/C10H18O2S/c1-5-7-9(12-6-2)13-10(11)8(3)4/h9H,3,5-7H2,1-2,4H3. The predicted octanol–water partition coefficient (Wildman–Crippen LogP) is 2.99. The molecule has 1 atom stereocenters. The molecule has 0 radical (unpaired) electrons. The fourth-order valence-corrected chi connectivity index (χ4v) is 1.82. The Bertz CT molecular complexity index is 172. The molecule has 0 aliphatic heterocycles. The van der Waals surface area contributed by atoms with Crippen molar-refractivity contribution in [3.63, 3.8) is 0 Å². The van der Waals surface area contributed by atoms with Gasteiger partial charge in [-0.15, -0.1) is 0 Å². The third kappa shape index (κ3) is 5.88. The molecule has 0 rings (SSSR count). The summed E-state index contributed by atoms with van der Waals surface area (Å²) >= 11 is 1.24. The smallest absolute Gasteiger partial charge is 0.216 e. The molecule has 0 fully saturated rings. The minimum Gasteiger partial charge on any atom is -0.367 e. The van der Waals surface area contributed by atoms with Crippen LogP contribution < -0.4 is 0 Å². The number of hydrogen-bond donors (Lipinski definition) is 0. The minimum atomic E-state index is -0.000741. The zero-order chi connectivity index (χ0) is 10.3. The van der Waals surface area contributed by atoms with Gasteiger partial charge in [-0.3, -0.25) is 4.79 Å². The highest BCUT2D eigenvalue weighted by Gasteiger charge is 2.13. The Morgan fingerprint density at radius 1 is 1.54 bits per heavy atom. The van der Waals surface area contributed by atoms with Gasteiger partial charge in [-0.1, -0.05) is 31.7 Å². The highest BCUT2D eigenvalue weighted by Crippen LogP contribution is 2.21. The first-order chi connectivity index (χ1) is 6.11. The monoisotopic (exact) mass is 202 g/mol. The zero-order valence-electron chi connectivity index (χ0n) is 8.63. The average Bonchev–Trinajstić information content (AvgIpc) is 2.05. The third-order valence-corrected chi connectivity index (χ3v) is 2.66. The molecule has 0 saturated heterocycles. The van der Waals surface area contributed by atoms with Crippen LogP contribution >= 0.6 is 11.8 Å². The van der Waals surface area contributed by atoms with E-state index in [-0.39, 0.29) is 10.6 Å². The number of carbonyl (C=O) groups excluding carboxylic acids is 1. The van der Waals surface area contributed by atoms with E-state index in [1.165, 1.54) is 11.8 Å². The molecule has 0 heterocycles. The molecule has 0 saturated carbocycles. The van der Waals surface area contributed by atoms with Gasteiger partial charge in [0.1, 0.15) is 5.44 Å². The maximum absolute atomic E-state index is 11.3. The SMILES string of the molecule is C=C(C)C(=O)SC(CCC)OCC. The van der Waals surface area contributed by atoms with Crippen LogP contribution in [-0.4, -0.2) is 17.2 Å². The van der Waals surface area contributed by atoms with E-state index in [0.29, 0.717) is 12.2 Å². The molecular weight excluding hydrogens is 184 g/mol. The zero-order valence-corrected chi connectivity index (χ0v) is 9.45. The Morgan fingerprint density at radius 3 is 2.54 bits per heavy atom. The van der Waals surface area contributed by atoms with Crippen LogP contribution in [0.15, 0.2) is 12.2 Å². The molecule has 0 aliphatic carbocycles. The van der Waals surface area contributed by atoms with Gasteiger partial charge in [0.05, 0.1) is 0 Å². The van der Waals surface area contributed by atoms with Gasteiger partial charge in [-0.05, 0) is 25.8 Å². The van der Waals surface area contributed by atoms with E-state index in [9.17, 15) is 4.79 Å². The molecule has 0 bridgehead atoms. The van der Waals surface area contributed by atoms with Crippen molar-refractivity contribution in [3.05, 3.63) is 12.2 Å². The summed E-state index contributed by atoms with van der Waals surface area (Å²) in [7, 11) is 0. The van der Waals surface area contributed by atoms with Crippen molar-refractivity contribution in [2.75, 3.05) is 6.61 Å². The fraction of sp³-hybridized carbons (Fsp3) is 0.700. The quantitative estimate of drug-likeness (QED) is 0.489. The molecule has 13 heavy (non-hydrogen) atoms. The van der Waals surface area contributed by atoms with Crippen molar-refractivity contribution in [2.45, 2.75) is 39.0 Å². The topological polar surface area (TPSA) is 26.3 Å². The first kappa shape index (κ1) is 12.7. The van der Waals surface area contributed by atoms with E-state index < -0.39 is 0 Å². The number of carbonyl (C=O) groups is 1. The van der Waals surface area contributed by atoms with E-state index in [1.807, 2.05) is 6.92 Å². The lowest BCUT2D eigenvalue weighted by Gasteiger charge is -2.14. The van der Waals surface area contributed by atoms with Crippen LogP contribution in [0, 0.1) is 0 Å². The van der Waals surface area contributed by atoms with E-state index in [0.717, 1.165) is 12.8 Å². The second-order valence-corrected chi connectivity index (χ2v) is 3.99. The maximum Gasteiger partial charge on any atom is 0.216 e. The van der Waals surface area contributed by atoms with Crippen LogP contribution in [0.4, 0.5) is 0 Å². The average molecular weight is 202 g/mol. The summed E-state index contributed by atoms with van der Waals surface area (Å²) in [5.41, 5.74) is 0.588. The second kappa shape index (κ2) is 7.15. The molecule has 0 aromatic carbocycles. The summed E-state index contributed by atoms with van der Waals surface area (Å²) in [6.45, 7) is 10.0. The first-order valence-corrected chi connectivity index (χ1v) is 5.47. The Balaban J connectivity index is 3.93. The van der Waals surface area contributed by atoms with Crippen LogP contribution in [0.5, 0.6) is 0 Å². The predicted molar refractivity (Wildman–Crippen MR) is 57.7 cm³/mol. The van der Waals surface area contributed by atoms with Crippen LogP contribution in [0.3, 0.4) is 0 Å². The van der Waals surface area contributed by atoms with Crippen molar-refractivity contribution in [1.82, 2.24) is 0 Å². The van der Waals surface area contributed by atoms with Gasteiger partial charge >= 0.3 is 0 Å². The molecule has 1 unspecified atom stereocenters. The highest BCUT2D eigenvalue weighted by molar-refractivity contribution is 8.14. The van der Waals surface area contributed by atoms with Crippen molar-refractivity contribution in [3.8, 4) is 0 Å². The van der Waals surface area contributed by atoms with Gasteiger partial charge < -0.3 is 4.74 Å². The summed E-state index contributed by atoms with van der Waals surface area (Å²) in [4.78, 5) is 11.3. The Labute approximate surface area is 84.7 Å². The molecule has 0 aromatic rings. The van der Waals surface area contributed by atoms with Gasteiger partial charge in [0.25, 0.3) is 0 Å². The Morgan fingerprint density at radius 2 is 2.15 bits per heavy atom. The number of rotatable bonds is 6. The number of hydrogen-bond acceptors (Lipinski definition) is 3. The maximum atomic E-state index is 11.3. The van der Waals surface area contributed by atoms with Crippen molar-refractivity contribution >= 4 is 16.9 Å². The molecule has 3 heteroatoms. The molecule has 2 nitrogen and oxygen atoms in total. The first-order valence-electron chi connectivity index (χ1n) is 4.59. The molecule has 0 spiro atoms. The van der Waals surface area contributed by atoms with Gasteiger partial charge in [0.2, 0.25) is 5.12 Å². The molecule has 76 valence electrons. The van der Waals surface area contributed by atoms with Crippen LogP contribution in [0.25, 0.3) is 0 Å². The summed E-state index contributed by atoms with van der Waals surface area (Å²) in [6, 6.07) is 0. The number of thioether (sulfide) groups is 1. The lowest BCUT2D eigenvalue weighted by molar-refractivity contribution is -0.108. The summed E-state index contributed by atoms with van der Waals surface area (Å²) in [6.07, 6.45) is 1.94. The fourth-order valence-electron chi connectivity index (χ4n) is 0.818. The lowest BCUT2D eigenvalue weighted by atomic mass is 10.4. The van der Waals surface area contributed by atoms with Gasteiger partial charge in [0, 0.05) is 6.61 Å². The van der Waals surface area contributed by atoms with E-state index in [4.69, 9.17) is 4.74 Å². The molecule has 0 aromatic heterocycles. The number of ether oxygens (including phenoxy) is 1. The molecule has 0 aliphatic rings. The van der Waals surface area contributed by atoms with Crippen LogP contribution in [0.2, 0.25) is 0 Å². The van der Waals surface area contributed by atoms with Crippen molar-refractivity contribution < 1.29 is 9.53 Å². The normalized spacial score (nSPS) is 12.5. The largest absolute Gasteiger partial charge is 0.367 e. The molecule has 0 N–H and O–H groups in total.